The fourth-order valence-corrected chi connectivity index (χ4v) is 5.84. The Morgan fingerprint density at radius 3 is 1.58 bits per heavy atom. The van der Waals surface area contributed by atoms with E-state index >= 15 is 0 Å². The molecular formula is C29H14O7. The Morgan fingerprint density at radius 2 is 1.08 bits per heavy atom. The number of allylic oxidation sites excluding steroid dienone is 4. The number of ether oxygens (including phenoxy) is 3. The molecule has 1 aliphatic carbocycles. The van der Waals surface area contributed by atoms with Crippen molar-refractivity contribution in [3.05, 3.63) is 124 Å². The molecule has 3 aliphatic heterocycles. The van der Waals surface area contributed by atoms with Crippen LogP contribution in [0.3, 0.4) is 0 Å². The second kappa shape index (κ2) is 6.55. The van der Waals surface area contributed by atoms with Gasteiger partial charge in [0.05, 0.1) is 27.7 Å². The highest BCUT2D eigenvalue weighted by Gasteiger charge is 2.53. The van der Waals surface area contributed by atoms with Gasteiger partial charge in [0.2, 0.25) is 0 Å². The number of benzene rings is 3. The summed E-state index contributed by atoms with van der Waals surface area (Å²) in [4.78, 5) is 49.7. The number of hydrogen-bond acceptors (Lipinski definition) is 7. The molecule has 36 heavy (non-hydrogen) atoms. The summed E-state index contributed by atoms with van der Waals surface area (Å²) in [5.41, 5.74) is 3.76. The van der Waals surface area contributed by atoms with Crippen LogP contribution < -0.4 is 4.74 Å². The van der Waals surface area contributed by atoms with Crippen molar-refractivity contribution in [2.24, 2.45) is 0 Å². The number of rotatable bonds is 2. The van der Waals surface area contributed by atoms with Gasteiger partial charge in [-0.1, -0.05) is 49.6 Å². The average molecular weight is 474 g/mol. The summed E-state index contributed by atoms with van der Waals surface area (Å²) in [6, 6.07) is 13.9. The molecule has 0 amide bonds. The molecule has 0 atom stereocenters. The van der Waals surface area contributed by atoms with Crippen molar-refractivity contribution >= 4 is 29.5 Å². The van der Waals surface area contributed by atoms with E-state index in [1.807, 2.05) is 24.3 Å². The highest BCUT2D eigenvalue weighted by atomic mass is 16.6. The predicted molar refractivity (Wildman–Crippen MR) is 126 cm³/mol. The zero-order chi connectivity index (χ0) is 24.9. The van der Waals surface area contributed by atoms with Crippen LogP contribution in [0.5, 0.6) is 11.5 Å². The number of esters is 4. The van der Waals surface area contributed by atoms with Crippen molar-refractivity contribution in [2.45, 2.75) is 5.41 Å². The van der Waals surface area contributed by atoms with E-state index < -0.39 is 29.3 Å². The summed E-state index contributed by atoms with van der Waals surface area (Å²) in [6.45, 7) is 8.10. The standard InChI is InChI=1S/C29H14O7/c1-3-13-14-7-5-6-8-20(14)29(19(13)4-2)21-9-15-17(27(32)35-25(15)30)11-23(21)34-24-12-18-16(10-22(24)29)26(31)36-28(18)33/h3-12H,1-2H2. The third-order valence-corrected chi connectivity index (χ3v) is 7.24. The fourth-order valence-electron chi connectivity index (χ4n) is 5.84. The fraction of sp³-hybridized carbons (Fsp3) is 0.0345. The Hall–Kier alpha value is -5.04. The third kappa shape index (κ3) is 2.18. The second-order valence-corrected chi connectivity index (χ2v) is 8.78. The molecule has 7 rings (SSSR count). The molecule has 0 fully saturated rings. The molecule has 0 radical (unpaired) electrons. The van der Waals surface area contributed by atoms with Gasteiger partial charge in [-0.3, -0.25) is 0 Å². The quantitative estimate of drug-likeness (QED) is 0.386. The Balaban J connectivity index is 1.68. The second-order valence-electron chi connectivity index (χ2n) is 8.78. The Labute approximate surface area is 203 Å². The SMILES string of the molecule is C=CC1=C(C=C)C2(c3cc4c(cc3Oc3cc5c(cc32)C(=O)OC5=O)C(=O)OC4=O)c2ccccc21. The Bertz CT molecular complexity index is 1640. The summed E-state index contributed by atoms with van der Waals surface area (Å²) in [5, 5.41) is 0. The number of fused-ring (bicyclic) bond motifs is 8. The van der Waals surface area contributed by atoms with Crippen molar-refractivity contribution in [3.63, 3.8) is 0 Å². The van der Waals surface area contributed by atoms with E-state index in [-0.39, 0.29) is 22.3 Å². The molecule has 0 N–H and O–H groups in total. The van der Waals surface area contributed by atoms with Crippen molar-refractivity contribution < 1.29 is 33.4 Å². The molecule has 0 aromatic heterocycles. The van der Waals surface area contributed by atoms with Crippen LogP contribution in [0.15, 0.2) is 79.4 Å². The van der Waals surface area contributed by atoms with Gasteiger partial charge in [-0.15, -0.1) is 0 Å². The van der Waals surface area contributed by atoms with E-state index in [0.717, 1.165) is 22.3 Å². The summed E-state index contributed by atoms with van der Waals surface area (Å²) < 4.78 is 15.9. The first kappa shape index (κ1) is 20.3. The van der Waals surface area contributed by atoms with E-state index in [9.17, 15) is 19.2 Å². The van der Waals surface area contributed by atoms with Crippen LogP contribution in [0.25, 0.3) is 5.57 Å². The summed E-state index contributed by atoms with van der Waals surface area (Å²) in [6.07, 6.45) is 3.44. The number of carbonyl (C=O) groups excluding carboxylic acids is 4. The van der Waals surface area contributed by atoms with Crippen LogP contribution in [0.4, 0.5) is 0 Å². The molecule has 7 heteroatoms. The molecule has 3 aromatic carbocycles. The van der Waals surface area contributed by atoms with E-state index in [1.54, 1.807) is 24.3 Å². The Kier molecular flexibility index (Phi) is 3.70. The van der Waals surface area contributed by atoms with Crippen LogP contribution in [0.1, 0.15) is 63.7 Å². The van der Waals surface area contributed by atoms with E-state index in [0.29, 0.717) is 22.6 Å². The maximum absolute atomic E-state index is 12.5. The molecule has 4 aliphatic rings. The summed E-state index contributed by atoms with van der Waals surface area (Å²) in [5.74, 6) is -2.40. The zero-order valence-electron chi connectivity index (χ0n) is 18.5. The smallest absolute Gasteiger partial charge is 0.347 e. The zero-order valence-corrected chi connectivity index (χ0v) is 18.5. The number of cyclic esters (lactones) is 4. The van der Waals surface area contributed by atoms with E-state index in [2.05, 4.69) is 13.2 Å². The normalized spacial score (nSPS) is 17.6. The molecular weight excluding hydrogens is 460 g/mol. The van der Waals surface area contributed by atoms with Gasteiger partial charge in [0, 0.05) is 11.1 Å². The van der Waals surface area contributed by atoms with Gasteiger partial charge in [-0.25, -0.2) is 19.2 Å². The molecule has 3 heterocycles. The van der Waals surface area contributed by atoms with Gasteiger partial charge < -0.3 is 14.2 Å². The van der Waals surface area contributed by atoms with Gasteiger partial charge in [0.25, 0.3) is 0 Å². The predicted octanol–water partition coefficient (Wildman–Crippen LogP) is 4.89. The highest BCUT2D eigenvalue weighted by Crippen LogP contribution is 2.62. The van der Waals surface area contributed by atoms with Crippen LogP contribution in [0, 0.1) is 0 Å². The molecule has 0 bridgehead atoms. The maximum atomic E-state index is 12.5. The lowest BCUT2D eigenvalue weighted by molar-refractivity contribution is 0.0425. The lowest BCUT2D eigenvalue weighted by Crippen LogP contribution is -2.33. The maximum Gasteiger partial charge on any atom is 0.347 e. The lowest BCUT2D eigenvalue weighted by Gasteiger charge is -2.40. The first-order valence-corrected chi connectivity index (χ1v) is 11.1. The Morgan fingerprint density at radius 1 is 0.583 bits per heavy atom. The lowest BCUT2D eigenvalue weighted by atomic mass is 9.64. The molecule has 7 nitrogen and oxygen atoms in total. The van der Waals surface area contributed by atoms with Gasteiger partial charge in [0.1, 0.15) is 11.5 Å². The monoisotopic (exact) mass is 474 g/mol. The minimum absolute atomic E-state index is 0.0902. The van der Waals surface area contributed by atoms with Crippen molar-refractivity contribution in [3.8, 4) is 11.5 Å². The van der Waals surface area contributed by atoms with E-state index in [1.165, 1.54) is 12.1 Å². The van der Waals surface area contributed by atoms with Gasteiger partial charge in [0.15, 0.2) is 0 Å². The topological polar surface area (TPSA) is 96.0 Å². The molecule has 0 saturated carbocycles. The molecule has 0 unspecified atom stereocenters. The van der Waals surface area contributed by atoms with E-state index in [4.69, 9.17) is 14.2 Å². The molecule has 1 spiro atoms. The van der Waals surface area contributed by atoms with Gasteiger partial charge in [-0.05, 0) is 46.5 Å². The third-order valence-electron chi connectivity index (χ3n) is 7.24. The van der Waals surface area contributed by atoms with Crippen LogP contribution >= 0.6 is 0 Å². The minimum Gasteiger partial charge on any atom is -0.457 e. The molecule has 3 aromatic rings. The minimum atomic E-state index is -1.09. The van der Waals surface area contributed by atoms with Crippen molar-refractivity contribution in [2.75, 3.05) is 0 Å². The first-order chi connectivity index (χ1) is 17.4. The van der Waals surface area contributed by atoms with Crippen molar-refractivity contribution in [1.29, 1.82) is 0 Å². The van der Waals surface area contributed by atoms with Crippen molar-refractivity contribution in [1.82, 2.24) is 0 Å². The first-order valence-electron chi connectivity index (χ1n) is 11.1. The molecule has 172 valence electrons. The number of hydrogen-bond donors (Lipinski definition) is 0. The van der Waals surface area contributed by atoms with Crippen LogP contribution in [-0.4, -0.2) is 23.9 Å². The average Bonchev–Trinajstić information content (AvgIpc) is 3.43. The number of carbonyl (C=O) groups is 4. The summed E-state index contributed by atoms with van der Waals surface area (Å²) in [7, 11) is 0. The van der Waals surface area contributed by atoms with Gasteiger partial charge >= 0.3 is 23.9 Å². The highest BCUT2D eigenvalue weighted by molar-refractivity contribution is 6.16. The van der Waals surface area contributed by atoms with Crippen LogP contribution in [-0.2, 0) is 14.9 Å². The summed E-state index contributed by atoms with van der Waals surface area (Å²) >= 11 is 0. The molecule has 0 saturated heterocycles. The van der Waals surface area contributed by atoms with Gasteiger partial charge in [-0.2, -0.15) is 0 Å². The van der Waals surface area contributed by atoms with Crippen LogP contribution in [0.2, 0.25) is 0 Å². The largest absolute Gasteiger partial charge is 0.457 e.